The molecule has 3 fully saturated rings. The topological polar surface area (TPSA) is 307 Å². The Labute approximate surface area is 524 Å². The zero-order chi connectivity index (χ0) is 63.3. The Morgan fingerprint density at radius 1 is 0.414 bits per heavy atom. The first-order valence-corrected chi connectivity index (χ1v) is 35.1. The number of allylic oxidation sites excluding steroid dienone is 4. The number of nitrogens with one attached hydrogen (secondary N) is 1. The third-order valence-corrected chi connectivity index (χ3v) is 17.8. The number of hydrogen-bond donors (Lipinski definition) is 12. The summed E-state index contributed by atoms with van der Waals surface area (Å²) in [7, 11) is 0. The molecule has 0 aliphatic carbocycles. The minimum atomic E-state index is -1.97. The van der Waals surface area contributed by atoms with Crippen molar-refractivity contribution in [2.45, 2.75) is 375 Å². The molecule has 0 aromatic carbocycles. The lowest BCUT2D eigenvalue weighted by molar-refractivity contribution is -0.379. The van der Waals surface area contributed by atoms with Crippen molar-refractivity contribution in [2.75, 3.05) is 26.4 Å². The van der Waals surface area contributed by atoms with E-state index in [1.807, 2.05) is 0 Å². The van der Waals surface area contributed by atoms with Crippen LogP contribution in [0.1, 0.15) is 271 Å². The fraction of sp³-hybridized carbons (Fsp3) is 0.926. The van der Waals surface area contributed by atoms with E-state index in [1.54, 1.807) is 0 Å². The van der Waals surface area contributed by atoms with Crippen LogP contribution in [0.25, 0.3) is 0 Å². The van der Waals surface area contributed by atoms with Crippen molar-refractivity contribution in [1.82, 2.24) is 5.32 Å². The van der Waals surface area contributed by atoms with Gasteiger partial charge in [0.15, 0.2) is 18.9 Å². The maximum atomic E-state index is 13.4. The van der Waals surface area contributed by atoms with Crippen LogP contribution in [-0.4, -0.2) is 193 Å². The number of ether oxygens (including phenoxy) is 6. The molecule has 12 N–H and O–H groups in total. The molecule has 512 valence electrons. The van der Waals surface area contributed by atoms with E-state index in [4.69, 9.17) is 28.4 Å². The van der Waals surface area contributed by atoms with Crippen molar-refractivity contribution in [3.8, 4) is 0 Å². The number of unbranched alkanes of at least 4 members (excludes halogenated alkanes) is 34. The zero-order valence-corrected chi connectivity index (χ0v) is 54.0. The smallest absolute Gasteiger partial charge is 0.220 e. The fourth-order valence-corrected chi connectivity index (χ4v) is 12.1. The Kier molecular flexibility index (Phi) is 46.4. The highest BCUT2D eigenvalue weighted by Crippen LogP contribution is 2.33. The number of hydrogen-bond acceptors (Lipinski definition) is 18. The van der Waals surface area contributed by atoms with Gasteiger partial charge in [0.2, 0.25) is 5.91 Å². The van der Waals surface area contributed by atoms with Crippen LogP contribution >= 0.6 is 0 Å². The van der Waals surface area contributed by atoms with Crippen molar-refractivity contribution in [2.24, 2.45) is 0 Å². The van der Waals surface area contributed by atoms with Crippen LogP contribution in [0.15, 0.2) is 24.3 Å². The van der Waals surface area contributed by atoms with E-state index < -0.39 is 124 Å². The van der Waals surface area contributed by atoms with E-state index in [1.165, 1.54) is 161 Å². The van der Waals surface area contributed by atoms with Gasteiger partial charge < -0.3 is 89.9 Å². The Morgan fingerprint density at radius 2 is 0.759 bits per heavy atom. The second kappa shape index (κ2) is 50.8. The van der Waals surface area contributed by atoms with E-state index in [0.717, 1.165) is 77.0 Å². The van der Waals surface area contributed by atoms with Crippen LogP contribution < -0.4 is 5.32 Å². The van der Waals surface area contributed by atoms with Crippen LogP contribution in [0.3, 0.4) is 0 Å². The molecule has 0 aromatic rings. The third-order valence-electron chi connectivity index (χ3n) is 17.8. The highest BCUT2D eigenvalue weighted by Gasteiger charge is 2.53. The van der Waals surface area contributed by atoms with Gasteiger partial charge in [-0.2, -0.15) is 0 Å². The molecule has 87 heavy (non-hydrogen) atoms. The molecule has 17 atom stereocenters. The van der Waals surface area contributed by atoms with E-state index in [0.29, 0.717) is 12.8 Å². The Balaban J connectivity index is 1.42. The summed E-state index contributed by atoms with van der Waals surface area (Å²) in [4.78, 5) is 13.4. The maximum Gasteiger partial charge on any atom is 0.220 e. The molecule has 0 radical (unpaired) electrons. The highest BCUT2D eigenvalue weighted by molar-refractivity contribution is 5.76. The average Bonchev–Trinajstić information content (AvgIpc) is 2.97. The molecule has 3 aliphatic heterocycles. The summed E-state index contributed by atoms with van der Waals surface area (Å²) < 4.78 is 34.4. The first-order valence-electron chi connectivity index (χ1n) is 35.1. The zero-order valence-electron chi connectivity index (χ0n) is 54.0. The number of rotatable bonds is 54. The van der Waals surface area contributed by atoms with Gasteiger partial charge in [-0.1, -0.05) is 244 Å². The Morgan fingerprint density at radius 3 is 1.20 bits per heavy atom. The molecule has 3 saturated heterocycles. The minimum Gasteiger partial charge on any atom is -0.394 e. The summed E-state index contributed by atoms with van der Waals surface area (Å²) in [6.07, 6.45) is 29.7. The molecule has 17 unspecified atom stereocenters. The summed E-state index contributed by atoms with van der Waals surface area (Å²) in [5.41, 5.74) is 0. The van der Waals surface area contributed by atoms with Crippen molar-refractivity contribution in [3.63, 3.8) is 0 Å². The molecule has 3 heterocycles. The van der Waals surface area contributed by atoms with Crippen molar-refractivity contribution in [1.29, 1.82) is 0 Å². The molecule has 3 aliphatic rings. The molecule has 0 spiro atoms. The van der Waals surface area contributed by atoms with Crippen LogP contribution in [0.4, 0.5) is 0 Å². The standard InChI is InChI=1S/C68H127NO18/c1-3-5-7-9-11-13-15-17-19-21-22-23-24-25-26-27-28-30-31-33-35-37-39-41-43-45-52(73)51(69-56(74)46-44-42-40-38-36-34-32-29-20-18-16-14-12-10-8-6-4-2)50-82-66-62(80)59(77)64(54(48-71)84-66)87-68-63(81)60(78)65(55(49-72)85-68)86-67-61(79)58(76)57(75)53(47-70)83-67/h12,14,18,20,51-55,57-68,70-73,75-81H,3-11,13,15-17,19,21-50H2,1-2H3,(H,69,74)/b14-12-,20-18-. The van der Waals surface area contributed by atoms with E-state index >= 15 is 0 Å². The first-order chi connectivity index (χ1) is 42.3. The first kappa shape index (κ1) is 79.5. The minimum absolute atomic E-state index is 0.248. The van der Waals surface area contributed by atoms with Gasteiger partial charge in [0.25, 0.3) is 0 Å². The van der Waals surface area contributed by atoms with E-state index in [2.05, 4.69) is 43.5 Å². The number of amides is 1. The molecular weight excluding hydrogens is 1120 g/mol. The SMILES string of the molecule is CCCCC/C=C\C/C=C\CCCCCCCCCC(=O)NC(COC1OC(CO)C(OC2OC(CO)C(OC3OC(CO)C(O)C(O)C3O)C(O)C2O)C(O)C1O)C(O)CCCCCCCCCCCCCCCCCCCCCCCCCCC. The van der Waals surface area contributed by atoms with Gasteiger partial charge in [-0.05, 0) is 44.9 Å². The molecule has 19 heteroatoms. The third kappa shape index (κ3) is 33.1. The Bertz CT molecular complexity index is 1680. The molecule has 0 bridgehead atoms. The van der Waals surface area contributed by atoms with Crippen LogP contribution in [0.5, 0.6) is 0 Å². The molecule has 19 nitrogen and oxygen atoms in total. The van der Waals surface area contributed by atoms with Crippen LogP contribution in [0, 0.1) is 0 Å². The molecule has 0 saturated carbocycles. The van der Waals surface area contributed by atoms with Crippen molar-refractivity contribution >= 4 is 5.91 Å². The van der Waals surface area contributed by atoms with Gasteiger partial charge in [0.1, 0.15) is 73.2 Å². The van der Waals surface area contributed by atoms with Gasteiger partial charge in [-0.3, -0.25) is 4.79 Å². The fourth-order valence-electron chi connectivity index (χ4n) is 12.1. The number of carbonyl (C=O) groups is 1. The summed E-state index contributed by atoms with van der Waals surface area (Å²) in [6.45, 7) is 1.79. The number of aliphatic hydroxyl groups is 11. The van der Waals surface area contributed by atoms with Crippen molar-refractivity contribution < 1.29 is 89.4 Å². The molecule has 0 aromatic heterocycles. The monoisotopic (exact) mass is 1250 g/mol. The highest BCUT2D eigenvalue weighted by atomic mass is 16.8. The van der Waals surface area contributed by atoms with Crippen LogP contribution in [0.2, 0.25) is 0 Å². The van der Waals surface area contributed by atoms with E-state index in [9.17, 15) is 61.0 Å². The average molecular weight is 1250 g/mol. The number of carbonyl (C=O) groups excluding carboxylic acids is 1. The lowest BCUT2D eigenvalue weighted by atomic mass is 9.96. The number of aliphatic hydroxyl groups excluding tert-OH is 11. The molecular formula is C68H127NO18. The van der Waals surface area contributed by atoms with Gasteiger partial charge in [-0.25, -0.2) is 0 Å². The maximum absolute atomic E-state index is 13.4. The van der Waals surface area contributed by atoms with E-state index in [-0.39, 0.29) is 18.9 Å². The quantitative estimate of drug-likeness (QED) is 0.0200. The summed E-state index contributed by atoms with van der Waals surface area (Å²) in [5, 5.41) is 121. The van der Waals surface area contributed by atoms with Gasteiger partial charge >= 0.3 is 0 Å². The Hall–Kier alpha value is -1.73. The van der Waals surface area contributed by atoms with Gasteiger partial charge in [0.05, 0.1) is 38.6 Å². The molecule has 1 amide bonds. The summed E-state index contributed by atoms with van der Waals surface area (Å²) in [5.74, 6) is -0.248. The predicted molar refractivity (Wildman–Crippen MR) is 337 cm³/mol. The lowest BCUT2D eigenvalue weighted by Crippen LogP contribution is -2.66. The molecule has 3 rings (SSSR count). The largest absolute Gasteiger partial charge is 0.394 e. The summed E-state index contributed by atoms with van der Waals surface area (Å²) >= 11 is 0. The normalized spacial score (nSPS) is 28.7. The van der Waals surface area contributed by atoms with Crippen molar-refractivity contribution in [3.05, 3.63) is 24.3 Å². The predicted octanol–water partition coefficient (Wildman–Crippen LogP) is 9.05. The second-order valence-corrected chi connectivity index (χ2v) is 25.3. The van der Waals surface area contributed by atoms with Gasteiger partial charge in [0, 0.05) is 6.42 Å². The lowest BCUT2D eigenvalue weighted by Gasteiger charge is -2.48. The van der Waals surface area contributed by atoms with Gasteiger partial charge in [-0.15, -0.1) is 0 Å². The summed E-state index contributed by atoms with van der Waals surface area (Å²) in [6, 6.07) is -0.891. The second-order valence-electron chi connectivity index (χ2n) is 25.3. The van der Waals surface area contributed by atoms with Crippen LogP contribution in [-0.2, 0) is 33.2 Å².